The lowest BCUT2D eigenvalue weighted by atomic mass is 9.88. The van der Waals surface area contributed by atoms with Gasteiger partial charge in [-0.15, -0.1) is 0 Å². The van der Waals surface area contributed by atoms with Crippen molar-refractivity contribution in [2.45, 2.75) is 44.7 Å². The van der Waals surface area contributed by atoms with E-state index in [2.05, 4.69) is 57.7 Å². The quantitative estimate of drug-likeness (QED) is 0.569. The molecule has 2 aliphatic rings. The highest BCUT2D eigenvalue weighted by molar-refractivity contribution is 5.83. The first-order valence-corrected chi connectivity index (χ1v) is 12.3. The summed E-state index contributed by atoms with van der Waals surface area (Å²) in [4.78, 5) is 19.7. The van der Waals surface area contributed by atoms with E-state index in [0.717, 1.165) is 44.6 Å². The van der Waals surface area contributed by atoms with E-state index in [1.54, 1.807) is 12.4 Å². The van der Waals surface area contributed by atoms with Crippen LogP contribution >= 0.6 is 0 Å². The molecular formula is C28H33N3O2. The normalized spacial score (nSPS) is 21.8. The summed E-state index contributed by atoms with van der Waals surface area (Å²) >= 11 is 0. The third kappa shape index (κ3) is 5.72. The largest absolute Gasteiger partial charge is 0.492 e. The first-order valence-electron chi connectivity index (χ1n) is 12.3. The summed E-state index contributed by atoms with van der Waals surface area (Å²) < 4.78 is 6.04. The van der Waals surface area contributed by atoms with E-state index in [1.807, 2.05) is 12.1 Å². The molecular weight excluding hydrogens is 410 g/mol. The molecule has 1 N–H and O–H groups in total. The van der Waals surface area contributed by atoms with E-state index in [1.165, 1.54) is 29.2 Å². The first-order chi connectivity index (χ1) is 16.2. The fraction of sp³-hybridized carbons (Fsp3) is 0.429. The molecule has 1 aliphatic heterocycles. The molecule has 3 aromatic rings. The van der Waals surface area contributed by atoms with Crippen molar-refractivity contribution in [3.8, 4) is 5.75 Å². The van der Waals surface area contributed by atoms with Crippen LogP contribution in [0.5, 0.6) is 5.75 Å². The van der Waals surface area contributed by atoms with Crippen LogP contribution in [0.25, 0.3) is 10.8 Å². The molecule has 0 radical (unpaired) electrons. The van der Waals surface area contributed by atoms with Crippen molar-refractivity contribution in [2.75, 3.05) is 19.7 Å². The number of nitrogens with one attached hydrogen (secondary N) is 1. The Hall–Kier alpha value is -2.92. The number of benzene rings is 2. The van der Waals surface area contributed by atoms with E-state index in [9.17, 15) is 4.79 Å². The number of pyridine rings is 1. The van der Waals surface area contributed by atoms with Crippen LogP contribution in [0.15, 0.2) is 67.0 Å². The van der Waals surface area contributed by atoms with Crippen molar-refractivity contribution in [1.29, 1.82) is 0 Å². The van der Waals surface area contributed by atoms with Crippen LogP contribution in [0.1, 0.15) is 37.7 Å². The van der Waals surface area contributed by atoms with Gasteiger partial charge in [0.05, 0.1) is 18.7 Å². The second-order valence-electron chi connectivity index (χ2n) is 9.66. The van der Waals surface area contributed by atoms with Crippen molar-refractivity contribution >= 4 is 16.7 Å². The highest BCUT2D eigenvalue weighted by Crippen LogP contribution is 2.27. The Kier molecular flexibility index (Phi) is 6.87. The lowest BCUT2D eigenvalue weighted by Gasteiger charge is -2.37. The molecule has 2 fully saturated rings. The van der Waals surface area contributed by atoms with Gasteiger partial charge in [0.25, 0.3) is 0 Å². The topological polar surface area (TPSA) is 54.5 Å². The van der Waals surface area contributed by atoms with Crippen LogP contribution in [0.2, 0.25) is 0 Å². The highest BCUT2D eigenvalue weighted by atomic mass is 16.5. The number of hydrogen-bond acceptors (Lipinski definition) is 4. The van der Waals surface area contributed by atoms with Crippen molar-refractivity contribution in [1.82, 2.24) is 15.2 Å². The minimum Gasteiger partial charge on any atom is -0.492 e. The molecule has 5 nitrogen and oxygen atoms in total. The molecule has 1 amide bonds. The highest BCUT2D eigenvalue weighted by Gasteiger charge is 2.33. The lowest BCUT2D eigenvalue weighted by Crippen LogP contribution is -2.48. The number of ether oxygens (including phenoxy) is 1. The summed E-state index contributed by atoms with van der Waals surface area (Å²) in [5.41, 5.74) is 1.29. The predicted molar refractivity (Wildman–Crippen MR) is 131 cm³/mol. The standard InChI is InChI=1S/C28H33N3O2/c32-28(30-26-8-3-4-9-26)25-15-22(20-33-27-10-5-13-29-16-27)18-31(19-25)17-21-11-12-23-6-1-2-7-24(23)14-21/h1-2,5-7,10-14,16,22,25-26H,3-4,8-9,15,17-20H2,(H,30,32)/t22-,25+/m0/s1. The van der Waals surface area contributed by atoms with Crippen LogP contribution in [0, 0.1) is 11.8 Å². The Morgan fingerprint density at radius 3 is 2.70 bits per heavy atom. The zero-order chi connectivity index (χ0) is 22.5. The third-order valence-electron chi connectivity index (χ3n) is 7.03. The van der Waals surface area contributed by atoms with Gasteiger partial charge in [-0.3, -0.25) is 14.7 Å². The number of amides is 1. The maximum atomic E-state index is 13.2. The van der Waals surface area contributed by atoms with Crippen LogP contribution in [0.4, 0.5) is 0 Å². The molecule has 1 aromatic heterocycles. The molecule has 1 aliphatic carbocycles. The van der Waals surface area contributed by atoms with Gasteiger partial charge in [-0.2, -0.15) is 0 Å². The first kappa shape index (κ1) is 21.9. The molecule has 5 heteroatoms. The Balaban J connectivity index is 1.28. The number of carbonyl (C=O) groups is 1. The maximum Gasteiger partial charge on any atom is 0.224 e. The van der Waals surface area contributed by atoms with E-state index in [-0.39, 0.29) is 11.8 Å². The molecule has 33 heavy (non-hydrogen) atoms. The summed E-state index contributed by atoms with van der Waals surface area (Å²) in [6.07, 6.45) is 9.06. The van der Waals surface area contributed by atoms with Gasteiger partial charge in [-0.1, -0.05) is 49.2 Å². The molecule has 172 valence electrons. The van der Waals surface area contributed by atoms with Gasteiger partial charge in [-0.25, -0.2) is 0 Å². The van der Waals surface area contributed by atoms with E-state index in [4.69, 9.17) is 4.74 Å². The average molecular weight is 444 g/mol. The smallest absolute Gasteiger partial charge is 0.224 e. The SMILES string of the molecule is O=C(NC1CCCC1)[C@@H]1C[C@H](COc2cccnc2)CN(Cc2ccc3ccccc3c2)C1. The van der Waals surface area contributed by atoms with E-state index in [0.29, 0.717) is 18.6 Å². The van der Waals surface area contributed by atoms with Gasteiger partial charge < -0.3 is 10.1 Å². The van der Waals surface area contributed by atoms with Gasteiger partial charge in [-0.05, 0) is 53.8 Å². The summed E-state index contributed by atoms with van der Waals surface area (Å²) in [7, 11) is 0. The fourth-order valence-electron chi connectivity index (χ4n) is 5.37. The molecule has 2 heterocycles. The Morgan fingerprint density at radius 1 is 1.03 bits per heavy atom. The lowest BCUT2D eigenvalue weighted by molar-refractivity contribution is -0.128. The summed E-state index contributed by atoms with van der Waals surface area (Å²) in [6.45, 7) is 3.18. The Labute approximate surface area is 196 Å². The summed E-state index contributed by atoms with van der Waals surface area (Å²) in [5.74, 6) is 1.31. The van der Waals surface area contributed by atoms with Crippen molar-refractivity contribution in [3.63, 3.8) is 0 Å². The molecule has 0 spiro atoms. The fourth-order valence-corrected chi connectivity index (χ4v) is 5.37. The number of piperidine rings is 1. The van der Waals surface area contributed by atoms with Crippen LogP contribution in [0.3, 0.4) is 0 Å². The second-order valence-corrected chi connectivity index (χ2v) is 9.66. The number of fused-ring (bicyclic) bond motifs is 1. The second kappa shape index (κ2) is 10.3. The summed E-state index contributed by atoms with van der Waals surface area (Å²) in [6, 6.07) is 19.3. The number of likely N-dealkylation sites (tertiary alicyclic amines) is 1. The van der Waals surface area contributed by atoms with Crippen LogP contribution < -0.4 is 10.1 Å². The zero-order valence-electron chi connectivity index (χ0n) is 19.2. The molecule has 1 saturated carbocycles. The maximum absolute atomic E-state index is 13.2. The van der Waals surface area contributed by atoms with Gasteiger partial charge >= 0.3 is 0 Å². The number of nitrogens with zero attached hydrogens (tertiary/aromatic N) is 2. The molecule has 2 aromatic carbocycles. The Morgan fingerprint density at radius 2 is 1.88 bits per heavy atom. The molecule has 0 bridgehead atoms. The van der Waals surface area contributed by atoms with Crippen molar-refractivity contribution in [3.05, 3.63) is 72.6 Å². The number of carbonyl (C=O) groups excluding carboxylic acids is 1. The molecule has 2 atom stereocenters. The number of rotatable bonds is 7. The zero-order valence-corrected chi connectivity index (χ0v) is 19.2. The monoisotopic (exact) mass is 443 g/mol. The van der Waals surface area contributed by atoms with E-state index >= 15 is 0 Å². The number of aromatic nitrogens is 1. The molecule has 5 rings (SSSR count). The predicted octanol–water partition coefficient (Wildman–Crippen LogP) is 4.81. The summed E-state index contributed by atoms with van der Waals surface area (Å²) in [5, 5.41) is 5.86. The van der Waals surface area contributed by atoms with Gasteiger partial charge in [0.15, 0.2) is 0 Å². The van der Waals surface area contributed by atoms with Crippen molar-refractivity contribution in [2.24, 2.45) is 11.8 Å². The Bertz CT molecular complexity index is 1060. The van der Waals surface area contributed by atoms with Crippen LogP contribution in [-0.2, 0) is 11.3 Å². The van der Waals surface area contributed by atoms with E-state index < -0.39 is 0 Å². The van der Waals surface area contributed by atoms with Crippen molar-refractivity contribution < 1.29 is 9.53 Å². The minimum atomic E-state index is 0.00213. The van der Waals surface area contributed by atoms with Crippen LogP contribution in [-0.4, -0.2) is 41.5 Å². The average Bonchev–Trinajstić information content (AvgIpc) is 3.36. The third-order valence-corrected chi connectivity index (χ3v) is 7.03. The molecule has 0 unspecified atom stereocenters. The van der Waals surface area contributed by atoms with Gasteiger partial charge in [0.2, 0.25) is 5.91 Å². The van der Waals surface area contributed by atoms with Gasteiger partial charge in [0.1, 0.15) is 5.75 Å². The molecule has 1 saturated heterocycles. The van der Waals surface area contributed by atoms with Gasteiger partial charge in [0, 0.05) is 37.8 Å². The minimum absolute atomic E-state index is 0.00213. The number of hydrogen-bond donors (Lipinski definition) is 1.